The van der Waals surface area contributed by atoms with Crippen molar-refractivity contribution in [2.75, 3.05) is 19.8 Å². The maximum absolute atomic E-state index is 11.2. The number of unbranched alkanes of at least 4 members (excludes halogenated alkanes) is 17. The summed E-state index contributed by atoms with van der Waals surface area (Å²) in [6.07, 6.45) is 24.2. The summed E-state index contributed by atoms with van der Waals surface area (Å²) in [6, 6.07) is 0. The second-order valence-electron chi connectivity index (χ2n) is 8.48. The van der Waals surface area contributed by atoms with Gasteiger partial charge in [0, 0.05) is 18.8 Å². The van der Waals surface area contributed by atoms with Crippen LogP contribution in [-0.2, 0) is 14.3 Å². The summed E-state index contributed by atoms with van der Waals surface area (Å²) in [7, 11) is 0. The lowest BCUT2D eigenvalue weighted by Crippen LogP contribution is -2.05. The van der Waals surface area contributed by atoms with Gasteiger partial charge in [0.15, 0.2) is 0 Å². The van der Waals surface area contributed by atoms with Crippen LogP contribution in [0.15, 0.2) is 12.2 Å². The molecule has 0 unspecified atom stereocenters. The molecule has 3 nitrogen and oxygen atoms in total. The third-order valence-electron chi connectivity index (χ3n) is 5.47. The van der Waals surface area contributed by atoms with Crippen LogP contribution in [0.25, 0.3) is 0 Å². The molecule has 0 aromatic carbocycles. The Hall–Kier alpha value is -0.830. The number of hydrogen-bond donors (Lipinski definition) is 0. The van der Waals surface area contributed by atoms with E-state index >= 15 is 0 Å². The van der Waals surface area contributed by atoms with E-state index in [0.29, 0.717) is 12.2 Å². The molecule has 0 fully saturated rings. The van der Waals surface area contributed by atoms with Gasteiger partial charge in [0.2, 0.25) is 0 Å². The maximum atomic E-state index is 11.2. The quantitative estimate of drug-likeness (QED) is 0.0968. The van der Waals surface area contributed by atoms with Gasteiger partial charge in [0.05, 0.1) is 6.61 Å². The van der Waals surface area contributed by atoms with Crippen molar-refractivity contribution in [3.05, 3.63) is 12.2 Å². The molecule has 0 heterocycles. The van der Waals surface area contributed by atoms with Crippen LogP contribution in [-0.4, -0.2) is 25.8 Å². The summed E-state index contributed by atoms with van der Waals surface area (Å²) in [6.45, 7) is 9.70. The molecule has 0 aliphatic heterocycles. The summed E-state index contributed by atoms with van der Waals surface area (Å²) >= 11 is 0. The van der Waals surface area contributed by atoms with Gasteiger partial charge in [-0.15, -0.1) is 0 Å². The first-order valence-corrected chi connectivity index (χ1v) is 12.6. The van der Waals surface area contributed by atoms with Crippen LogP contribution in [0, 0.1) is 0 Å². The van der Waals surface area contributed by atoms with Crippen LogP contribution < -0.4 is 0 Å². The molecule has 0 saturated heterocycles. The first-order chi connectivity index (χ1) is 14.2. The summed E-state index contributed by atoms with van der Waals surface area (Å²) in [4.78, 5) is 11.2. The number of carbonyl (C=O) groups is 1. The van der Waals surface area contributed by atoms with E-state index in [1.165, 1.54) is 103 Å². The molecule has 0 aromatic heterocycles. The average molecular weight is 411 g/mol. The number of carbonyl (C=O) groups excluding carboxylic acids is 1. The monoisotopic (exact) mass is 410 g/mol. The topological polar surface area (TPSA) is 35.5 Å². The van der Waals surface area contributed by atoms with E-state index < -0.39 is 0 Å². The van der Waals surface area contributed by atoms with Crippen molar-refractivity contribution in [2.45, 2.75) is 129 Å². The lowest BCUT2D eigenvalue weighted by molar-refractivity contribution is -0.139. The zero-order valence-electron chi connectivity index (χ0n) is 19.8. The van der Waals surface area contributed by atoms with Crippen molar-refractivity contribution in [3.63, 3.8) is 0 Å². The zero-order chi connectivity index (χ0) is 21.4. The third-order valence-corrected chi connectivity index (χ3v) is 5.47. The predicted octanol–water partition coefficient (Wildman–Crippen LogP) is 8.16. The van der Waals surface area contributed by atoms with Crippen LogP contribution in [0.1, 0.15) is 129 Å². The molecule has 0 radical (unpaired) electrons. The summed E-state index contributed by atoms with van der Waals surface area (Å²) in [5.74, 6) is -0.255. The Balaban J connectivity index is 3.05. The Morgan fingerprint density at radius 2 is 0.897 bits per heavy atom. The zero-order valence-corrected chi connectivity index (χ0v) is 19.8. The molecule has 0 aliphatic rings. The van der Waals surface area contributed by atoms with Gasteiger partial charge in [-0.1, -0.05) is 109 Å². The molecule has 0 saturated carbocycles. The number of ether oxygens (including phenoxy) is 2. The van der Waals surface area contributed by atoms with E-state index in [4.69, 9.17) is 9.47 Å². The van der Waals surface area contributed by atoms with Crippen molar-refractivity contribution < 1.29 is 14.3 Å². The Labute approximate surface area is 182 Å². The molecule has 0 aliphatic carbocycles. The minimum absolute atomic E-state index is 0.255. The molecule has 0 rings (SSSR count). The second-order valence-corrected chi connectivity index (χ2v) is 8.48. The fraction of sp³-hybridized carbons (Fsp3) is 0.885. The van der Waals surface area contributed by atoms with Gasteiger partial charge >= 0.3 is 5.97 Å². The van der Waals surface area contributed by atoms with E-state index in [1.54, 1.807) is 6.92 Å². The molecule has 0 bridgehead atoms. The molecule has 0 aromatic rings. The van der Waals surface area contributed by atoms with Crippen molar-refractivity contribution in [1.29, 1.82) is 0 Å². The highest BCUT2D eigenvalue weighted by molar-refractivity contribution is 5.86. The molecule has 29 heavy (non-hydrogen) atoms. The lowest BCUT2D eigenvalue weighted by atomic mass is 10.0. The summed E-state index contributed by atoms with van der Waals surface area (Å²) < 4.78 is 10.5. The van der Waals surface area contributed by atoms with Crippen molar-refractivity contribution in [3.8, 4) is 0 Å². The second kappa shape index (κ2) is 23.4. The maximum Gasteiger partial charge on any atom is 0.333 e. The highest BCUT2D eigenvalue weighted by Crippen LogP contribution is 2.14. The first-order valence-electron chi connectivity index (χ1n) is 12.6. The number of rotatable bonds is 23. The molecule has 0 spiro atoms. The van der Waals surface area contributed by atoms with Crippen molar-refractivity contribution >= 4 is 5.97 Å². The van der Waals surface area contributed by atoms with Gasteiger partial charge in [0.1, 0.15) is 0 Å². The van der Waals surface area contributed by atoms with E-state index in [-0.39, 0.29) is 5.97 Å². The van der Waals surface area contributed by atoms with Crippen LogP contribution in [0.4, 0.5) is 0 Å². The average Bonchev–Trinajstić information content (AvgIpc) is 2.71. The Morgan fingerprint density at radius 1 is 0.586 bits per heavy atom. The summed E-state index contributed by atoms with van der Waals surface area (Å²) in [5, 5.41) is 0. The number of esters is 1. The molecular formula is C26H50O3. The van der Waals surface area contributed by atoms with Crippen molar-refractivity contribution in [1.82, 2.24) is 0 Å². The minimum atomic E-state index is -0.255. The first kappa shape index (κ1) is 28.2. The molecular weight excluding hydrogens is 360 g/mol. The van der Waals surface area contributed by atoms with Gasteiger partial charge in [-0.25, -0.2) is 4.79 Å². The van der Waals surface area contributed by atoms with Crippen molar-refractivity contribution in [2.24, 2.45) is 0 Å². The van der Waals surface area contributed by atoms with E-state index in [1.807, 2.05) is 0 Å². The Morgan fingerprint density at radius 3 is 1.21 bits per heavy atom. The van der Waals surface area contributed by atoms with Gasteiger partial charge in [-0.3, -0.25) is 0 Å². The van der Waals surface area contributed by atoms with E-state index in [0.717, 1.165) is 26.1 Å². The standard InChI is InChI=1S/C26H50O3/c1-4-28-23-21-19-17-15-13-11-9-7-5-6-8-10-12-14-16-18-20-22-24-29-26(27)25(2)3/h2,4-24H2,1,3H3. The van der Waals surface area contributed by atoms with Crippen LogP contribution >= 0.6 is 0 Å². The Kier molecular flexibility index (Phi) is 22.8. The fourth-order valence-corrected chi connectivity index (χ4v) is 3.57. The number of hydrogen-bond acceptors (Lipinski definition) is 3. The highest BCUT2D eigenvalue weighted by atomic mass is 16.5. The van der Waals surface area contributed by atoms with Gasteiger partial charge in [0.25, 0.3) is 0 Å². The lowest BCUT2D eigenvalue weighted by Gasteiger charge is -2.05. The third kappa shape index (κ3) is 23.3. The van der Waals surface area contributed by atoms with E-state index in [9.17, 15) is 4.79 Å². The molecule has 0 N–H and O–H groups in total. The SMILES string of the molecule is C=C(C)C(=O)OCCCCCCCCCCCCCCCCCCCCOCC. The smallest absolute Gasteiger partial charge is 0.333 e. The molecule has 0 atom stereocenters. The Bertz CT molecular complexity index is 365. The summed E-state index contributed by atoms with van der Waals surface area (Å²) in [5.41, 5.74) is 0.491. The molecule has 0 amide bonds. The largest absolute Gasteiger partial charge is 0.462 e. The predicted molar refractivity (Wildman–Crippen MR) is 125 cm³/mol. The highest BCUT2D eigenvalue weighted by Gasteiger charge is 2.01. The van der Waals surface area contributed by atoms with Gasteiger partial charge < -0.3 is 9.47 Å². The van der Waals surface area contributed by atoms with Crippen LogP contribution in [0.3, 0.4) is 0 Å². The fourth-order valence-electron chi connectivity index (χ4n) is 3.57. The normalized spacial score (nSPS) is 11.0. The van der Waals surface area contributed by atoms with E-state index in [2.05, 4.69) is 13.5 Å². The van der Waals surface area contributed by atoms with Gasteiger partial charge in [-0.2, -0.15) is 0 Å². The molecule has 3 heteroatoms. The van der Waals surface area contributed by atoms with Gasteiger partial charge in [-0.05, 0) is 26.7 Å². The minimum Gasteiger partial charge on any atom is -0.462 e. The molecule has 172 valence electrons. The van der Waals surface area contributed by atoms with Crippen LogP contribution in [0.5, 0.6) is 0 Å². The van der Waals surface area contributed by atoms with Crippen LogP contribution in [0.2, 0.25) is 0 Å².